The highest BCUT2D eigenvalue weighted by molar-refractivity contribution is 7.17. The van der Waals surface area contributed by atoms with Gasteiger partial charge in [-0.25, -0.2) is 4.98 Å². The second-order valence-corrected chi connectivity index (χ2v) is 7.92. The van der Waals surface area contributed by atoms with Gasteiger partial charge in [0.1, 0.15) is 5.69 Å². The topological polar surface area (TPSA) is 74.3 Å². The third-order valence-electron chi connectivity index (χ3n) is 5.48. The molecule has 2 N–H and O–H groups in total. The van der Waals surface area contributed by atoms with Gasteiger partial charge in [0, 0.05) is 36.0 Å². The van der Waals surface area contributed by atoms with Crippen LogP contribution in [-0.4, -0.2) is 46.9 Å². The number of carbonyl (C=O) groups excluding carboxylic acids is 2. The van der Waals surface area contributed by atoms with Crippen molar-refractivity contribution in [3.05, 3.63) is 23.3 Å². The molecule has 2 atom stereocenters. The monoisotopic (exact) mass is 358 g/mol. The van der Waals surface area contributed by atoms with Gasteiger partial charge >= 0.3 is 0 Å². The van der Waals surface area contributed by atoms with Crippen LogP contribution in [0.5, 0.6) is 0 Å². The van der Waals surface area contributed by atoms with Gasteiger partial charge in [0.2, 0.25) is 5.91 Å². The van der Waals surface area contributed by atoms with Crippen LogP contribution in [0.2, 0.25) is 0 Å². The number of thiophene rings is 1. The molecule has 2 unspecified atom stereocenters. The lowest BCUT2D eigenvalue weighted by Crippen LogP contribution is -2.62. The highest BCUT2D eigenvalue weighted by Gasteiger charge is 2.40. The summed E-state index contributed by atoms with van der Waals surface area (Å²) in [5, 5.41) is 8.76. The van der Waals surface area contributed by atoms with Crippen molar-refractivity contribution in [2.45, 2.75) is 38.8 Å². The highest BCUT2D eigenvalue weighted by atomic mass is 32.1. The molecule has 25 heavy (non-hydrogen) atoms. The molecule has 0 radical (unpaired) electrons. The van der Waals surface area contributed by atoms with Gasteiger partial charge in [-0.05, 0) is 44.8 Å². The maximum Gasteiger partial charge on any atom is 0.270 e. The average Bonchev–Trinajstić information content (AvgIpc) is 3.00. The minimum atomic E-state index is -0.132. The summed E-state index contributed by atoms with van der Waals surface area (Å²) in [6.45, 7) is 5.95. The Morgan fingerprint density at radius 3 is 2.76 bits per heavy atom. The van der Waals surface area contributed by atoms with Crippen LogP contribution in [0.1, 0.15) is 37.2 Å². The van der Waals surface area contributed by atoms with Gasteiger partial charge < -0.3 is 10.6 Å². The lowest BCUT2D eigenvalue weighted by molar-refractivity contribution is -0.114. The van der Waals surface area contributed by atoms with Gasteiger partial charge in [0.05, 0.1) is 10.4 Å². The van der Waals surface area contributed by atoms with Crippen LogP contribution in [0.3, 0.4) is 0 Å². The predicted molar refractivity (Wildman–Crippen MR) is 98.9 cm³/mol. The summed E-state index contributed by atoms with van der Waals surface area (Å²) < 4.78 is 0.955. The predicted octanol–water partition coefficient (Wildman–Crippen LogP) is 2.47. The van der Waals surface area contributed by atoms with Crippen LogP contribution < -0.4 is 10.6 Å². The van der Waals surface area contributed by atoms with Crippen molar-refractivity contribution in [2.24, 2.45) is 5.92 Å². The van der Waals surface area contributed by atoms with E-state index < -0.39 is 0 Å². The van der Waals surface area contributed by atoms with E-state index in [-0.39, 0.29) is 17.9 Å². The molecule has 5 rings (SSSR count). The van der Waals surface area contributed by atoms with E-state index >= 15 is 0 Å². The number of anilines is 1. The number of hydrogen-bond acceptors (Lipinski definition) is 5. The summed E-state index contributed by atoms with van der Waals surface area (Å²) in [5.41, 5.74) is 1.14. The largest absolute Gasteiger partial charge is 0.346 e. The normalized spacial score (nSPS) is 28.1. The number of rotatable bonds is 3. The number of carbonyl (C=O) groups is 2. The molecular formula is C18H22N4O2S. The molecule has 3 aliphatic heterocycles. The number of pyridine rings is 1. The van der Waals surface area contributed by atoms with Crippen molar-refractivity contribution < 1.29 is 9.59 Å². The van der Waals surface area contributed by atoms with Gasteiger partial charge in [-0.1, -0.05) is 0 Å². The molecular weight excluding hydrogens is 336 g/mol. The van der Waals surface area contributed by atoms with Gasteiger partial charge in [0.15, 0.2) is 0 Å². The zero-order chi connectivity index (χ0) is 17.6. The summed E-state index contributed by atoms with van der Waals surface area (Å²) in [6, 6.07) is 2.33. The van der Waals surface area contributed by atoms with Crippen molar-refractivity contribution in [1.82, 2.24) is 15.2 Å². The van der Waals surface area contributed by atoms with Crippen LogP contribution >= 0.6 is 11.3 Å². The van der Waals surface area contributed by atoms with Crippen molar-refractivity contribution in [1.29, 1.82) is 0 Å². The smallest absolute Gasteiger partial charge is 0.270 e. The summed E-state index contributed by atoms with van der Waals surface area (Å²) in [4.78, 5) is 30.9. The molecule has 3 fully saturated rings. The zero-order valence-electron chi connectivity index (χ0n) is 14.4. The number of aromatic nitrogens is 1. The first kappa shape index (κ1) is 16.5. The molecule has 0 saturated carbocycles. The van der Waals surface area contributed by atoms with E-state index in [1.807, 2.05) is 5.38 Å². The fourth-order valence-electron chi connectivity index (χ4n) is 4.11. The Labute approximate surface area is 150 Å². The molecule has 132 valence electrons. The van der Waals surface area contributed by atoms with Crippen LogP contribution in [-0.2, 0) is 4.79 Å². The van der Waals surface area contributed by atoms with Crippen molar-refractivity contribution in [2.75, 3.05) is 18.4 Å². The fourth-order valence-corrected chi connectivity index (χ4v) is 4.95. The standard InChI is InChI=1S/C18H22N4O2S/c1-10-17(12-3-5-22(10)6-4-12)21-18(24)14-7-13-15(20-11(2)23)9-25-16(13)8-19-14/h7-10,12,17H,3-6H2,1-2H3,(H,20,23)(H,21,24). The zero-order valence-corrected chi connectivity index (χ0v) is 15.2. The maximum absolute atomic E-state index is 12.8. The molecule has 2 aromatic heterocycles. The molecule has 5 heterocycles. The lowest BCUT2D eigenvalue weighted by atomic mass is 9.79. The Hall–Kier alpha value is -1.99. The average molecular weight is 358 g/mol. The molecule has 0 aromatic carbocycles. The molecule has 2 aromatic rings. The molecule has 7 heteroatoms. The quantitative estimate of drug-likeness (QED) is 0.884. The van der Waals surface area contributed by atoms with E-state index in [4.69, 9.17) is 0 Å². The van der Waals surface area contributed by atoms with Gasteiger partial charge in [-0.3, -0.25) is 14.5 Å². The van der Waals surface area contributed by atoms with Crippen molar-refractivity contribution in [3.63, 3.8) is 0 Å². The number of nitrogens with one attached hydrogen (secondary N) is 2. The van der Waals surface area contributed by atoms with Crippen molar-refractivity contribution in [3.8, 4) is 0 Å². The van der Waals surface area contributed by atoms with E-state index in [1.54, 1.807) is 12.3 Å². The first-order chi connectivity index (χ1) is 12.0. The van der Waals surface area contributed by atoms with Crippen LogP contribution in [0.15, 0.2) is 17.6 Å². The van der Waals surface area contributed by atoms with E-state index in [0.29, 0.717) is 17.7 Å². The van der Waals surface area contributed by atoms with Crippen LogP contribution in [0, 0.1) is 5.92 Å². The Kier molecular flexibility index (Phi) is 4.21. The minimum absolute atomic E-state index is 0.122. The molecule has 2 bridgehead atoms. The second-order valence-electron chi connectivity index (χ2n) is 7.01. The summed E-state index contributed by atoms with van der Waals surface area (Å²) >= 11 is 1.51. The SMILES string of the molecule is CC(=O)Nc1csc2cnc(C(=O)NC3C4CCN(CC4)C3C)cc12. The number of fused-ring (bicyclic) bond motifs is 4. The molecule has 0 spiro atoms. The summed E-state index contributed by atoms with van der Waals surface area (Å²) in [7, 11) is 0. The maximum atomic E-state index is 12.8. The third-order valence-corrected chi connectivity index (χ3v) is 6.41. The fraction of sp³-hybridized carbons (Fsp3) is 0.500. The Morgan fingerprint density at radius 2 is 2.08 bits per heavy atom. The van der Waals surface area contributed by atoms with Gasteiger partial charge in [-0.2, -0.15) is 0 Å². The first-order valence-corrected chi connectivity index (χ1v) is 9.60. The van der Waals surface area contributed by atoms with E-state index in [2.05, 4.69) is 27.4 Å². The Morgan fingerprint density at radius 1 is 1.32 bits per heavy atom. The third kappa shape index (κ3) is 3.02. The number of amides is 2. The Bertz CT molecular complexity index is 824. The summed E-state index contributed by atoms with van der Waals surface area (Å²) in [6.07, 6.45) is 4.01. The Balaban J connectivity index is 1.56. The number of nitrogens with zero attached hydrogens (tertiary/aromatic N) is 2. The van der Waals surface area contributed by atoms with Crippen molar-refractivity contribution >= 4 is 38.9 Å². The molecule has 0 aliphatic carbocycles. The van der Waals surface area contributed by atoms with Crippen LogP contribution in [0.4, 0.5) is 5.69 Å². The second kappa shape index (κ2) is 6.38. The van der Waals surface area contributed by atoms with E-state index in [9.17, 15) is 9.59 Å². The molecule has 3 saturated heterocycles. The van der Waals surface area contributed by atoms with E-state index in [1.165, 1.54) is 18.3 Å². The first-order valence-electron chi connectivity index (χ1n) is 8.72. The number of piperidine rings is 3. The molecule has 3 aliphatic rings. The summed E-state index contributed by atoms with van der Waals surface area (Å²) in [5.74, 6) is 0.305. The lowest BCUT2D eigenvalue weighted by Gasteiger charge is -2.49. The minimum Gasteiger partial charge on any atom is -0.346 e. The van der Waals surface area contributed by atoms with Crippen LogP contribution in [0.25, 0.3) is 10.1 Å². The molecule has 6 nitrogen and oxygen atoms in total. The van der Waals surface area contributed by atoms with Gasteiger partial charge in [-0.15, -0.1) is 11.3 Å². The highest BCUT2D eigenvalue weighted by Crippen LogP contribution is 2.33. The van der Waals surface area contributed by atoms with E-state index in [0.717, 1.165) is 41.7 Å². The molecule has 2 amide bonds. The number of hydrogen-bond donors (Lipinski definition) is 2. The van der Waals surface area contributed by atoms with Gasteiger partial charge in [0.25, 0.3) is 5.91 Å².